The number of guanidine groups is 1. The molecule has 2 N–H and O–H groups in total. The third kappa shape index (κ3) is 5.63. The number of nitrogens with zero attached hydrogens (tertiary/aromatic N) is 3. The van der Waals surface area contributed by atoms with Crippen molar-refractivity contribution < 1.29 is 4.79 Å². The molecule has 2 aliphatic rings. The average Bonchev–Trinajstić information content (AvgIpc) is 3.20. The Morgan fingerprint density at radius 3 is 2.44 bits per heavy atom. The lowest BCUT2D eigenvalue weighted by Crippen LogP contribution is -2.50. The molecule has 1 heterocycles. The summed E-state index contributed by atoms with van der Waals surface area (Å²) in [4.78, 5) is 21.2. The SMILES string of the molecule is CCNC(=NCC(=O)N1CCN(c2ccc(Cl)cc2)CC1)NC1CC=CC1. The number of nitrogens with one attached hydrogen (secondary N) is 2. The van der Waals surface area contributed by atoms with Gasteiger partial charge in [-0.15, -0.1) is 0 Å². The fourth-order valence-electron chi connectivity index (χ4n) is 3.36. The van der Waals surface area contributed by atoms with Gasteiger partial charge in [0, 0.05) is 49.5 Å². The first-order chi connectivity index (χ1) is 13.2. The molecule has 1 amide bonds. The van der Waals surface area contributed by atoms with Crippen LogP contribution in [0.2, 0.25) is 5.02 Å². The molecule has 6 nitrogen and oxygen atoms in total. The van der Waals surface area contributed by atoms with Crippen molar-refractivity contribution in [3.8, 4) is 0 Å². The summed E-state index contributed by atoms with van der Waals surface area (Å²) in [6, 6.07) is 8.23. The minimum Gasteiger partial charge on any atom is -0.368 e. The van der Waals surface area contributed by atoms with Gasteiger partial charge in [-0.3, -0.25) is 4.79 Å². The quantitative estimate of drug-likeness (QED) is 0.460. The van der Waals surface area contributed by atoms with Crippen molar-refractivity contribution in [2.75, 3.05) is 44.2 Å². The zero-order chi connectivity index (χ0) is 19.1. The number of amides is 1. The second kappa shape index (κ2) is 9.65. The van der Waals surface area contributed by atoms with Gasteiger partial charge in [0.05, 0.1) is 0 Å². The van der Waals surface area contributed by atoms with Crippen LogP contribution in [0.15, 0.2) is 41.4 Å². The predicted molar refractivity (Wildman–Crippen MR) is 112 cm³/mol. The summed E-state index contributed by atoms with van der Waals surface area (Å²) in [5, 5.41) is 7.36. The van der Waals surface area contributed by atoms with Gasteiger partial charge in [-0.1, -0.05) is 23.8 Å². The van der Waals surface area contributed by atoms with E-state index in [1.165, 1.54) is 0 Å². The van der Waals surface area contributed by atoms with Gasteiger partial charge in [-0.2, -0.15) is 0 Å². The highest BCUT2D eigenvalue weighted by Gasteiger charge is 2.21. The normalized spacial score (nSPS) is 18.1. The summed E-state index contributed by atoms with van der Waals surface area (Å²) in [6.45, 7) is 6.06. The summed E-state index contributed by atoms with van der Waals surface area (Å²) in [5.41, 5.74) is 1.15. The molecule has 1 fully saturated rings. The lowest BCUT2D eigenvalue weighted by Gasteiger charge is -2.36. The van der Waals surface area contributed by atoms with Gasteiger partial charge in [0.25, 0.3) is 0 Å². The van der Waals surface area contributed by atoms with Crippen LogP contribution < -0.4 is 15.5 Å². The number of halogens is 1. The first-order valence-corrected chi connectivity index (χ1v) is 10.0. The van der Waals surface area contributed by atoms with E-state index in [-0.39, 0.29) is 12.5 Å². The molecule has 1 aromatic rings. The van der Waals surface area contributed by atoms with E-state index in [0.29, 0.717) is 19.1 Å². The van der Waals surface area contributed by atoms with Crippen molar-refractivity contribution in [2.45, 2.75) is 25.8 Å². The Hall–Kier alpha value is -2.21. The van der Waals surface area contributed by atoms with Gasteiger partial charge in [-0.05, 0) is 44.0 Å². The minimum atomic E-state index is 0.0764. The van der Waals surface area contributed by atoms with E-state index in [1.807, 2.05) is 36.1 Å². The van der Waals surface area contributed by atoms with Crippen LogP contribution in [0.3, 0.4) is 0 Å². The number of benzene rings is 1. The Morgan fingerprint density at radius 1 is 1.15 bits per heavy atom. The van der Waals surface area contributed by atoms with Crippen LogP contribution in [0.25, 0.3) is 0 Å². The van der Waals surface area contributed by atoms with Crippen LogP contribution in [0.4, 0.5) is 5.69 Å². The highest BCUT2D eigenvalue weighted by molar-refractivity contribution is 6.30. The average molecular weight is 390 g/mol. The molecule has 1 aliphatic carbocycles. The lowest BCUT2D eigenvalue weighted by atomic mass is 10.2. The van der Waals surface area contributed by atoms with Crippen molar-refractivity contribution in [3.63, 3.8) is 0 Å². The van der Waals surface area contributed by atoms with E-state index >= 15 is 0 Å². The highest BCUT2D eigenvalue weighted by atomic mass is 35.5. The fraction of sp³-hybridized carbons (Fsp3) is 0.500. The Bertz CT molecular complexity index is 672. The number of hydrogen-bond donors (Lipinski definition) is 2. The molecule has 1 aromatic carbocycles. The van der Waals surface area contributed by atoms with Gasteiger partial charge < -0.3 is 20.4 Å². The fourth-order valence-corrected chi connectivity index (χ4v) is 3.49. The Labute approximate surface area is 166 Å². The summed E-state index contributed by atoms with van der Waals surface area (Å²) < 4.78 is 0. The molecule has 0 unspecified atom stereocenters. The van der Waals surface area contributed by atoms with Crippen LogP contribution in [0, 0.1) is 0 Å². The molecule has 0 saturated carbocycles. The molecular formula is C20H28ClN5O. The molecule has 0 atom stereocenters. The summed E-state index contributed by atoms with van der Waals surface area (Å²) in [7, 11) is 0. The molecule has 0 aromatic heterocycles. The van der Waals surface area contributed by atoms with Crippen molar-refractivity contribution in [1.29, 1.82) is 0 Å². The maximum absolute atomic E-state index is 12.5. The van der Waals surface area contributed by atoms with Crippen molar-refractivity contribution >= 4 is 29.2 Å². The summed E-state index contributed by atoms with van der Waals surface area (Å²) in [6.07, 6.45) is 6.36. The van der Waals surface area contributed by atoms with Gasteiger partial charge >= 0.3 is 0 Å². The molecule has 0 spiro atoms. The Morgan fingerprint density at radius 2 is 1.81 bits per heavy atom. The molecule has 0 radical (unpaired) electrons. The molecule has 1 saturated heterocycles. The third-order valence-electron chi connectivity index (χ3n) is 4.89. The van der Waals surface area contributed by atoms with Gasteiger partial charge in [0.1, 0.15) is 6.54 Å². The second-order valence-corrected chi connectivity index (χ2v) is 7.26. The first kappa shape index (κ1) is 19.5. The molecular weight excluding hydrogens is 362 g/mol. The highest BCUT2D eigenvalue weighted by Crippen LogP contribution is 2.19. The summed E-state index contributed by atoms with van der Waals surface area (Å²) >= 11 is 5.95. The number of piperazine rings is 1. The maximum atomic E-state index is 12.5. The molecule has 27 heavy (non-hydrogen) atoms. The molecule has 1 aliphatic heterocycles. The topological polar surface area (TPSA) is 60.0 Å². The number of hydrogen-bond acceptors (Lipinski definition) is 3. The number of carbonyl (C=O) groups excluding carboxylic acids is 1. The molecule has 146 valence electrons. The van der Waals surface area contributed by atoms with Gasteiger partial charge in [0.2, 0.25) is 5.91 Å². The smallest absolute Gasteiger partial charge is 0.244 e. The van der Waals surface area contributed by atoms with Gasteiger partial charge in [0.15, 0.2) is 5.96 Å². The molecule has 3 rings (SSSR count). The third-order valence-corrected chi connectivity index (χ3v) is 5.14. The van der Waals surface area contributed by atoms with Crippen LogP contribution >= 0.6 is 11.6 Å². The Kier molecular flexibility index (Phi) is 6.98. The van der Waals surface area contributed by atoms with E-state index in [4.69, 9.17) is 11.6 Å². The van der Waals surface area contributed by atoms with Crippen molar-refractivity contribution in [1.82, 2.24) is 15.5 Å². The van der Waals surface area contributed by atoms with Gasteiger partial charge in [-0.25, -0.2) is 4.99 Å². The van der Waals surface area contributed by atoms with Crippen molar-refractivity contribution in [3.05, 3.63) is 41.4 Å². The van der Waals surface area contributed by atoms with E-state index in [2.05, 4.69) is 32.7 Å². The van der Waals surface area contributed by atoms with Crippen molar-refractivity contribution in [2.24, 2.45) is 4.99 Å². The summed E-state index contributed by atoms with van der Waals surface area (Å²) in [5.74, 6) is 0.798. The van der Waals surface area contributed by atoms with E-state index < -0.39 is 0 Å². The van der Waals surface area contributed by atoms with E-state index in [0.717, 1.165) is 49.1 Å². The van der Waals surface area contributed by atoms with Crippen LogP contribution in [-0.2, 0) is 4.79 Å². The first-order valence-electron chi connectivity index (χ1n) is 9.64. The molecule has 7 heteroatoms. The maximum Gasteiger partial charge on any atom is 0.244 e. The van der Waals surface area contributed by atoms with Crippen LogP contribution in [0.1, 0.15) is 19.8 Å². The van der Waals surface area contributed by atoms with Crippen LogP contribution in [-0.4, -0.2) is 62.1 Å². The van der Waals surface area contributed by atoms with Crippen LogP contribution in [0.5, 0.6) is 0 Å². The van der Waals surface area contributed by atoms with E-state index in [1.54, 1.807) is 0 Å². The standard InChI is InChI=1S/C20H28ClN5O/c1-2-22-20(24-17-5-3-4-6-17)23-15-19(27)26-13-11-25(12-14-26)18-9-7-16(21)8-10-18/h3-4,7-10,17H,2,5-6,11-15H2,1H3,(H2,22,23,24). The number of rotatable bonds is 5. The number of carbonyl (C=O) groups is 1. The number of anilines is 1. The monoisotopic (exact) mass is 389 g/mol. The lowest BCUT2D eigenvalue weighted by molar-refractivity contribution is -0.129. The Balaban J connectivity index is 1.48. The predicted octanol–water partition coefficient (Wildman–Crippen LogP) is 2.26. The largest absolute Gasteiger partial charge is 0.368 e. The second-order valence-electron chi connectivity index (χ2n) is 6.82. The minimum absolute atomic E-state index is 0.0764. The zero-order valence-corrected chi connectivity index (χ0v) is 16.6. The van der Waals surface area contributed by atoms with E-state index in [9.17, 15) is 4.79 Å². The molecule has 0 bridgehead atoms. The number of aliphatic imine (C=N–C) groups is 1. The zero-order valence-electron chi connectivity index (χ0n) is 15.8.